The van der Waals surface area contributed by atoms with Crippen molar-refractivity contribution in [1.29, 1.82) is 17.1 Å². The minimum atomic E-state index is -0.561. The third-order valence-corrected chi connectivity index (χ3v) is 23.8. The van der Waals surface area contributed by atoms with Crippen LogP contribution in [-0.4, -0.2) is 167 Å². The van der Waals surface area contributed by atoms with E-state index in [1.807, 2.05) is 124 Å². The van der Waals surface area contributed by atoms with Gasteiger partial charge in [-0.1, -0.05) is 88.2 Å². The molecule has 0 spiro atoms. The first kappa shape index (κ1) is 96.4. The summed E-state index contributed by atoms with van der Waals surface area (Å²) < 4.78 is 86.5. The number of amides is 3. The van der Waals surface area contributed by atoms with Crippen LogP contribution < -0.4 is 16.5 Å². The van der Waals surface area contributed by atoms with Crippen molar-refractivity contribution in [3.8, 4) is 74.4 Å². The van der Waals surface area contributed by atoms with Gasteiger partial charge >= 0.3 is 7.12 Å². The van der Waals surface area contributed by atoms with Gasteiger partial charge in [-0.2, -0.15) is 36.7 Å². The molecule has 0 bridgehead atoms. The highest BCUT2D eigenvalue weighted by molar-refractivity contribution is 9.10. The zero-order valence-corrected chi connectivity index (χ0v) is 77.5. The van der Waals surface area contributed by atoms with Crippen LogP contribution in [0.15, 0.2) is 218 Å². The molecule has 5 aliphatic rings. The number of rotatable bonds is 12. The van der Waals surface area contributed by atoms with Gasteiger partial charge in [0.05, 0.1) is 71.6 Å². The number of carbonyl (C=O) groups is 3. The molecule has 2 saturated carbocycles. The molecule has 7 aromatic carbocycles. The first-order chi connectivity index (χ1) is 60.8. The van der Waals surface area contributed by atoms with Crippen LogP contribution in [0.4, 0.5) is 24.5 Å². The Morgan fingerprint density at radius 1 is 0.583 bits per heavy atom. The number of pyridine rings is 3. The van der Waals surface area contributed by atoms with Crippen LogP contribution >= 0.6 is 70.1 Å². The SMILES string of the molecule is CN(C)C(=O)c1ccc(-c2cc3nccc(-c4ccc(F)c(C#N)c4)c3o2)cc1.CN(C)C(=O)c1ccc(-c2cc3nccc(-c4ccc(NC5C6COCC65)c(C#N)c4)c3o2)cc1.CN(C)C(=O)c1ccc(-c2cc3nccc(Cl)c3o2)cc1.CSCP.Cl.N#Cc1cc(Br)ccc1F.NC1C2COCC12.[2H][B]P.[C-]#[N+]c1cc(B2OC(C)(C)C(C)(C)O2)ccc1F. The molecule has 127 heavy (non-hydrogen) atoms. The number of nitrogens with one attached hydrogen (secondary N) is 1. The third kappa shape index (κ3) is 23.6. The molecule has 33 heteroatoms. The number of hydrogen-bond donors (Lipinski definition) is 2. The first-order valence-electron chi connectivity index (χ1n) is 40.1. The number of aromatic nitrogens is 3. The molecular formula is C94H91B2BrCl2F3N12O10P2S. The molecule has 22 nitrogen and oxygen atoms in total. The summed E-state index contributed by atoms with van der Waals surface area (Å²) in [6, 6.07) is 58.3. The zero-order valence-electron chi connectivity index (χ0n) is 72.2. The lowest BCUT2D eigenvalue weighted by Crippen LogP contribution is -2.41. The number of hydrogen-bond acceptors (Lipinski definition) is 19. The molecule has 3 N–H and O–H groups in total. The second kappa shape index (κ2) is 44.0. The van der Waals surface area contributed by atoms with E-state index in [-0.39, 0.29) is 46.9 Å². The van der Waals surface area contributed by atoms with Crippen molar-refractivity contribution >= 4 is 153 Å². The van der Waals surface area contributed by atoms with Crippen molar-refractivity contribution in [2.24, 2.45) is 29.4 Å². The van der Waals surface area contributed by atoms with Crippen LogP contribution in [0.2, 0.25) is 5.02 Å². The van der Waals surface area contributed by atoms with Crippen molar-refractivity contribution in [1.82, 2.24) is 29.7 Å². The highest BCUT2D eigenvalue weighted by atomic mass is 79.9. The minimum Gasteiger partial charge on any atom is -0.454 e. The molecule has 13 aromatic rings. The van der Waals surface area contributed by atoms with Crippen LogP contribution in [0.1, 0.15) is 75.5 Å². The summed E-state index contributed by atoms with van der Waals surface area (Å²) in [6.45, 7) is 18.2. The average Bonchev–Trinajstić information content (AvgIpc) is 1.57. The molecule has 3 aliphatic heterocycles. The quantitative estimate of drug-likeness (QED) is 0.0652. The fourth-order valence-corrected chi connectivity index (χ4v) is 14.3. The normalized spacial score (nSPS) is 17.0. The fourth-order valence-electron chi connectivity index (χ4n) is 13.7. The van der Waals surface area contributed by atoms with Gasteiger partial charge in [-0.15, -0.1) is 21.6 Å². The highest BCUT2D eigenvalue weighted by Crippen LogP contribution is 2.47. The van der Waals surface area contributed by atoms with Gasteiger partial charge in [0.1, 0.15) is 77.0 Å². The zero-order chi connectivity index (χ0) is 91.7. The molecule has 3 amide bonds. The minimum absolute atomic E-state index is 0. The standard InChI is InChI=1S/C28H24N4O3.C23H16FN3O2.C16H13ClN2O2.C13H15BFNO2.C7H3BrFN.C5H9NO.C2H7PS.BH3P.ClH/c1-32(2)28(33)17-5-3-16(4-6-17)25-12-24-27(35-25)20(9-10-30-24)18-7-8-23(19(11-18)13-29)31-26-21-14-34-15-22(21)26;1-27(2)23(28)15-5-3-14(4-6-15)21-12-20-22(29-21)18(9-10-26-20)16-7-8-19(24)17(11-16)13-25;1-19(2)16(20)11-5-3-10(4-6-11)14-9-13-15(21-14)12(17)7-8-18-13;1-12(2)13(3,4)18-14(17-12)9-6-7-10(15)11(8-9)16-5;8-6-1-2-7(9)5(3-6)4-10;6-5-3-1-7-2-4(3)5;1-4-2-3;1-2;/h3-12,21-22,26,31H,14-15H2,1-2H3;3-12H,1-2H3;3-9H,1-2H3;6-8H,1-4H3;1-3H;3-5H,1-2,6H2;2-3H2,1H3;1H,2H2;1H/i;;;;;;;1D;. The van der Waals surface area contributed by atoms with Crippen LogP contribution in [0.3, 0.4) is 0 Å². The number of anilines is 1. The smallest absolute Gasteiger partial charge is 0.454 e. The van der Waals surface area contributed by atoms with Gasteiger partial charge in [0, 0.05) is 169 Å². The first-order valence-corrected chi connectivity index (χ1v) is 43.5. The van der Waals surface area contributed by atoms with E-state index < -0.39 is 35.8 Å². The van der Waals surface area contributed by atoms with Gasteiger partial charge in [-0.25, -0.2) is 18.0 Å². The number of thioether (sulfide) groups is 1. The van der Waals surface area contributed by atoms with E-state index in [0.717, 1.165) is 88.3 Å². The molecule has 2 aliphatic carbocycles. The van der Waals surface area contributed by atoms with Gasteiger partial charge in [0.15, 0.2) is 16.7 Å². The lowest BCUT2D eigenvalue weighted by molar-refractivity contribution is 0.00578. The molecule has 9 heterocycles. The summed E-state index contributed by atoms with van der Waals surface area (Å²) in [6.07, 6.45) is 7.11. The Hall–Kier alpha value is -11.2. The molecular weight excluding hydrogens is 1780 g/mol. The summed E-state index contributed by atoms with van der Waals surface area (Å²) in [5.74, 6) is 2.81. The van der Waals surface area contributed by atoms with Crippen molar-refractivity contribution in [3.05, 3.63) is 272 Å². The second-order valence-corrected chi connectivity index (χ2v) is 34.3. The number of benzene rings is 7. The van der Waals surface area contributed by atoms with Gasteiger partial charge in [-0.3, -0.25) is 29.3 Å². The Bertz CT molecular complexity index is 6280. The number of carbonyl (C=O) groups excluding carboxylic acids is 3. The molecule has 651 valence electrons. The summed E-state index contributed by atoms with van der Waals surface area (Å²) in [5, 5.41) is 31.3. The summed E-state index contributed by atoms with van der Waals surface area (Å²) >= 11 is 11.0. The predicted octanol–water partition coefficient (Wildman–Crippen LogP) is 19.5. The lowest BCUT2D eigenvalue weighted by atomic mass is 9.79. The average molecular weight is 1870 g/mol. The van der Waals surface area contributed by atoms with Crippen molar-refractivity contribution < 1.29 is 59.6 Å². The Morgan fingerprint density at radius 2 is 0.953 bits per heavy atom. The van der Waals surface area contributed by atoms with E-state index in [1.165, 1.54) is 48.8 Å². The highest BCUT2D eigenvalue weighted by Gasteiger charge is 2.55. The van der Waals surface area contributed by atoms with Crippen molar-refractivity contribution in [2.45, 2.75) is 51.0 Å². The van der Waals surface area contributed by atoms with E-state index >= 15 is 0 Å². The number of nitriles is 3. The second-order valence-electron chi connectivity index (χ2n) is 31.1. The molecule has 6 aromatic heterocycles. The van der Waals surface area contributed by atoms with Gasteiger partial charge in [-0.05, 0) is 155 Å². The van der Waals surface area contributed by atoms with E-state index in [1.54, 1.807) is 143 Å². The molecule has 3 saturated heterocycles. The van der Waals surface area contributed by atoms with E-state index in [4.69, 9.17) is 67.8 Å². The molecule has 6 atom stereocenters. The fraction of sp³-hybridized carbons (Fsp3) is 0.255. The maximum atomic E-state index is 13.7. The predicted molar refractivity (Wildman–Crippen MR) is 508 cm³/mol. The number of furan rings is 3. The number of fused-ring (bicyclic) bond motifs is 5. The number of halogens is 6. The summed E-state index contributed by atoms with van der Waals surface area (Å²) in [5.41, 5.74) is 19.4. The van der Waals surface area contributed by atoms with Crippen LogP contribution in [0.5, 0.6) is 0 Å². The Morgan fingerprint density at radius 3 is 1.34 bits per heavy atom. The van der Waals surface area contributed by atoms with Crippen molar-refractivity contribution in [2.75, 3.05) is 85.8 Å². The summed E-state index contributed by atoms with van der Waals surface area (Å²) in [4.78, 5) is 56.9. The van der Waals surface area contributed by atoms with E-state index in [9.17, 15) is 32.8 Å². The monoisotopic (exact) mass is 1870 g/mol. The van der Waals surface area contributed by atoms with E-state index in [0.29, 0.717) is 112 Å². The Balaban J connectivity index is 0.000000166. The molecule has 6 unspecified atom stereocenters. The van der Waals surface area contributed by atoms with Crippen LogP contribution in [-0.2, 0) is 18.8 Å². The van der Waals surface area contributed by atoms with Gasteiger partial charge in [0.25, 0.3) is 17.7 Å². The molecule has 5 fully saturated rings. The van der Waals surface area contributed by atoms with Crippen LogP contribution in [0, 0.1) is 81.7 Å². The Kier molecular flexibility index (Phi) is 33.4. The van der Waals surface area contributed by atoms with E-state index in [2.05, 4.69) is 71.7 Å². The molecule has 18 rings (SSSR count). The van der Waals surface area contributed by atoms with Crippen molar-refractivity contribution in [3.63, 3.8) is 0 Å². The third-order valence-electron chi connectivity index (χ3n) is 21.6. The number of ether oxygens (including phenoxy) is 2. The summed E-state index contributed by atoms with van der Waals surface area (Å²) in [7, 11) is 15.7. The molecule has 1 radical (unpaired) electrons. The topological polar surface area (TPSA) is 290 Å². The number of nitrogens with two attached hydrogens (primary N) is 1. The maximum absolute atomic E-state index is 13.7. The Labute approximate surface area is 766 Å². The lowest BCUT2D eigenvalue weighted by Gasteiger charge is -2.32. The van der Waals surface area contributed by atoms with Gasteiger partial charge in [0.2, 0.25) is 5.69 Å². The largest absolute Gasteiger partial charge is 0.493 e. The maximum Gasteiger partial charge on any atom is 0.493 e. The van der Waals surface area contributed by atoms with Crippen LogP contribution in [0.25, 0.3) is 94.4 Å². The van der Waals surface area contributed by atoms with Gasteiger partial charge < -0.3 is 57.8 Å². The number of nitrogens with zero attached hydrogens (tertiary/aromatic N) is 10.